The molecule has 2 heterocycles. The summed E-state index contributed by atoms with van der Waals surface area (Å²) in [4.78, 5) is 16.8. The van der Waals surface area contributed by atoms with Gasteiger partial charge in [0.15, 0.2) is 5.65 Å². The van der Waals surface area contributed by atoms with E-state index in [4.69, 9.17) is 0 Å². The zero-order valence-electron chi connectivity index (χ0n) is 13.4. The quantitative estimate of drug-likeness (QED) is 0.730. The molecule has 22 heavy (non-hydrogen) atoms. The molecule has 0 atom stereocenters. The van der Waals surface area contributed by atoms with Crippen molar-refractivity contribution in [2.75, 3.05) is 0 Å². The van der Waals surface area contributed by atoms with Crippen LogP contribution in [-0.4, -0.2) is 19.3 Å². The second-order valence-corrected chi connectivity index (χ2v) is 6.63. The molecule has 0 saturated heterocycles. The molecule has 0 spiro atoms. The second-order valence-electron chi connectivity index (χ2n) is 6.63. The van der Waals surface area contributed by atoms with E-state index in [1.807, 2.05) is 0 Å². The molecule has 0 fully saturated rings. The fraction of sp³-hybridized carbons (Fsp3) is 0.353. The van der Waals surface area contributed by atoms with Crippen molar-refractivity contribution in [3.63, 3.8) is 0 Å². The van der Waals surface area contributed by atoms with Crippen LogP contribution >= 0.6 is 0 Å². The van der Waals surface area contributed by atoms with E-state index in [9.17, 15) is 4.79 Å². The molecule has 0 aliphatic heterocycles. The van der Waals surface area contributed by atoms with E-state index in [2.05, 4.69) is 55.1 Å². The molecule has 114 valence electrons. The van der Waals surface area contributed by atoms with Crippen LogP contribution in [-0.2, 0) is 19.0 Å². The first kappa shape index (κ1) is 14.5. The van der Waals surface area contributed by atoms with Crippen LogP contribution in [0.3, 0.4) is 0 Å². The Hall–Kier alpha value is -2.43. The first-order valence-corrected chi connectivity index (χ1v) is 7.33. The Morgan fingerprint density at radius 2 is 1.82 bits per heavy atom. The Balaban J connectivity index is 1.93. The summed E-state index contributed by atoms with van der Waals surface area (Å²) < 4.78 is 3.23. The molecule has 0 aliphatic rings. The van der Waals surface area contributed by atoms with Gasteiger partial charge < -0.3 is 0 Å². The number of rotatable bonds is 2. The van der Waals surface area contributed by atoms with Crippen molar-refractivity contribution in [2.45, 2.75) is 32.7 Å². The van der Waals surface area contributed by atoms with Gasteiger partial charge in [0.2, 0.25) is 0 Å². The van der Waals surface area contributed by atoms with Gasteiger partial charge in [0.1, 0.15) is 11.7 Å². The van der Waals surface area contributed by atoms with Gasteiger partial charge in [-0.1, -0.05) is 45.0 Å². The Bertz CT molecular complexity index is 866. The molecule has 3 rings (SSSR count). The van der Waals surface area contributed by atoms with Crippen molar-refractivity contribution in [2.24, 2.45) is 7.05 Å². The number of hydrogen-bond donors (Lipinski definition) is 0. The van der Waals surface area contributed by atoms with Gasteiger partial charge in [0.25, 0.3) is 5.56 Å². The number of nitrogens with zero attached hydrogens (tertiary/aromatic N) is 4. The van der Waals surface area contributed by atoms with E-state index >= 15 is 0 Å². The van der Waals surface area contributed by atoms with Crippen molar-refractivity contribution in [1.82, 2.24) is 19.3 Å². The van der Waals surface area contributed by atoms with Gasteiger partial charge in [-0.25, -0.2) is 4.98 Å². The lowest BCUT2D eigenvalue weighted by Crippen LogP contribution is -2.21. The van der Waals surface area contributed by atoms with Crippen molar-refractivity contribution in [3.05, 3.63) is 58.3 Å². The minimum Gasteiger partial charge on any atom is -0.294 e. The maximum atomic E-state index is 12.4. The number of aryl methyl sites for hydroxylation is 1. The van der Waals surface area contributed by atoms with E-state index in [1.54, 1.807) is 28.8 Å². The molecule has 5 heteroatoms. The number of benzene rings is 1. The van der Waals surface area contributed by atoms with Crippen LogP contribution in [0.25, 0.3) is 11.0 Å². The van der Waals surface area contributed by atoms with Crippen LogP contribution in [0.2, 0.25) is 0 Å². The highest BCUT2D eigenvalue weighted by molar-refractivity contribution is 5.72. The highest BCUT2D eigenvalue weighted by atomic mass is 16.1. The summed E-state index contributed by atoms with van der Waals surface area (Å²) in [6, 6.07) is 8.38. The number of hydrogen-bond acceptors (Lipinski definition) is 3. The van der Waals surface area contributed by atoms with Crippen molar-refractivity contribution >= 4 is 11.0 Å². The predicted molar refractivity (Wildman–Crippen MR) is 87.0 cm³/mol. The fourth-order valence-electron chi connectivity index (χ4n) is 2.49. The fourth-order valence-corrected chi connectivity index (χ4v) is 2.49. The molecule has 0 N–H and O–H groups in total. The second kappa shape index (κ2) is 5.09. The average Bonchev–Trinajstić information content (AvgIpc) is 2.84. The lowest BCUT2D eigenvalue weighted by molar-refractivity contribution is 0.589. The summed E-state index contributed by atoms with van der Waals surface area (Å²) in [5.74, 6) is 0. The van der Waals surface area contributed by atoms with E-state index in [-0.39, 0.29) is 11.0 Å². The third kappa shape index (κ3) is 2.54. The van der Waals surface area contributed by atoms with Crippen molar-refractivity contribution in [1.29, 1.82) is 0 Å². The Morgan fingerprint density at radius 3 is 2.45 bits per heavy atom. The van der Waals surface area contributed by atoms with Crippen molar-refractivity contribution in [3.8, 4) is 0 Å². The summed E-state index contributed by atoms with van der Waals surface area (Å²) >= 11 is 0. The minimum absolute atomic E-state index is 0.0574. The summed E-state index contributed by atoms with van der Waals surface area (Å²) in [7, 11) is 1.78. The maximum absolute atomic E-state index is 12.4. The zero-order chi connectivity index (χ0) is 15.9. The molecule has 3 aromatic rings. The molecular weight excluding hydrogens is 276 g/mol. The minimum atomic E-state index is -0.0574. The SMILES string of the molecule is Cn1ncc2c(=O)n(Cc3ccc(C(C)(C)C)cc3)cnc21. The van der Waals surface area contributed by atoms with Crippen LogP contribution in [0.5, 0.6) is 0 Å². The van der Waals surface area contributed by atoms with Crippen molar-refractivity contribution < 1.29 is 0 Å². The molecular formula is C17H20N4O. The largest absolute Gasteiger partial charge is 0.294 e. The van der Waals surface area contributed by atoms with Gasteiger partial charge in [-0.05, 0) is 16.5 Å². The molecule has 0 radical (unpaired) electrons. The highest BCUT2D eigenvalue weighted by Crippen LogP contribution is 2.22. The maximum Gasteiger partial charge on any atom is 0.264 e. The van der Waals surface area contributed by atoms with Gasteiger partial charge in [-0.3, -0.25) is 14.0 Å². The molecule has 2 aromatic heterocycles. The Morgan fingerprint density at radius 1 is 1.14 bits per heavy atom. The molecule has 0 bridgehead atoms. The lowest BCUT2D eigenvalue weighted by atomic mass is 9.87. The first-order valence-electron chi connectivity index (χ1n) is 7.33. The normalized spacial score (nSPS) is 12.0. The van der Waals surface area contributed by atoms with E-state index in [1.165, 1.54) is 5.56 Å². The Kier molecular flexibility index (Phi) is 3.35. The van der Waals surface area contributed by atoms with E-state index < -0.39 is 0 Å². The predicted octanol–water partition coefficient (Wildman–Crippen LogP) is 2.48. The Labute approximate surface area is 129 Å². The topological polar surface area (TPSA) is 52.7 Å². The standard InChI is InChI=1S/C17H20N4O/c1-17(2,3)13-7-5-12(6-8-13)10-21-11-18-15-14(16(21)22)9-19-20(15)4/h5-9,11H,10H2,1-4H3. The molecule has 0 saturated carbocycles. The number of aromatic nitrogens is 4. The zero-order valence-corrected chi connectivity index (χ0v) is 13.4. The first-order chi connectivity index (χ1) is 10.4. The van der Waals surface area contributed by atoms with Crippen LogP contribution < -0.4 is 5.56 Å². The number of fused-ring (bicyclic) bond motifs is 1. The third-order valence-electron chi connectivity index (χ3n) is 3.89. The van der Waals surface area contributed by atoms with Gasteiger partial charge in [0.05, 0.1) is 12.7 Å². The summed E-state index contributed by atoms with van der Waals surface area (Å²) in [6.45, 7) is 7.08. The average molecular weight is 296 g/mol. The summed E-state index contributed by atoms with van der Waals surface area (Å²) in [5, 5.41) is 4.64. The highest BCUT2D eigenvalue weighted by Gasteiger charge is 2.13. The van der Waals surface area contributed by atoms with E-state index in [0.717, 1.165) is 5.56 Å². The van der Waals surface area contributed by atoms with Gasteiger partial charge in [0, 0.05) is 7.05 Å². The monoisotopic (exact) mass is 296 g/mol. The summed E-state index contributed by atoms with van der Waals surface area (Å²) in [5.41, 5.74) is 3.05. The van der Waals surface area contributed by atoms with Crippen LogP contribution in [0.1, 0.15) is 31.9 Å². The molecule has 0 unspecified atom stereocenters. The van der Waals surface area contributed by atoms with Gasteiger partial charge in [-0.15, -0.1) is 0 Å². The molecule has 0 aliphatic carbocycles. The van der Waals surface area contributed by atoms with Crippen LogP contribution in [0, 0.1) is 0 Å². The molecule has 5 nitrogen and oxygen atoms in total. The smallest absolute Gasteiger partial charge is 0.264 e. The molecule has 1 aromatic carbocycles. The van der Waals surface area contributed by atoms with Crippen LogP contribution in [0.15, 0.2) is 41.6 Å². The summed E-state index contributed by atoms with van der Waals surface area (Å²) in [6.07, 6.45) is 3.16. The third-order valence-corrected chi connectivity index (χ3v) is 3.89. The molecule has 0 amide bonds. The van der Waals surface area contributed by atoms with Gasteiger partial charge in [-0.2, -0.15) is 5.10 Å². The van der Waals surface area contributed by atoms with Crippen LogP contribution in [0.4, 0.5) is 0 Å². The lowest BCUT2D eigenvalue weighted by Gasteiger charge is -2.19. The van der Waals surface area contributed by atoms with E-state index in [0.29, 0.717) is 17.6 Å². The van der Waals surface area contributed by atoms with Gasteiger partial charge >= 0.3 is 0 Å².